The van der Waals surface area contributed by atoms with E-state index in [2.05, 4.69) is 20.7 Å². The predicted molar refractivity (Wildman–Crippen MR) is 55.3 cm³/mol. The minimum atomic E-state index is -2.54. The number of rotatable bonds is 5. The first kappa shape index (κ1) is 12.3. The van der Waals surface area contributed by atoms with Crippen molar-refractivity contribution in [1.29, 1.82) is 0 Å². The van der Waals surface area contributed by atoms with Crippen LogP contribution in [0.15, 0.2) is 28.7 Å². The Hall–Kier alpha value is -0.810. The minimum absolute atomic E-state index is 0.303. The molecule has 0 N–H and O–H groups in total. The number of carbonyl (C=O) groups excluding carboxylic acids is 1. The largest absolute Gasteiger partial charge is 0.367 e. The van der Waals surface area contributed by atoms with E-state index in [1.807, 2.05) is 0 Å². The van der Waals surface area contributed by atoms with E-state index in [0.29, 0.717) is 5.56 Å². The Morgan fingerprint density at radius 2 is 1.93 bits per heavy atom. The van der Waals surface area contributed by atoms with Crippen LogP contribution < -0.4 is 0 Å². The number of Topliss-reactive ketones (excluding diaryl/α,β-unsaturated/α-hetero) is 1. The van der Waals surface area contributed by atoms with E-state index in [1.165, 1.54) is 0 Å². The number of alkyl halides is 2. The average molecular weight is 279 g/mol. The molecule has 0 radical (unpaired) electrons. The SMILES string of the molecule is O=C(COCC(F)F)c1ccc(Br)cc1. The zero-order valence-corrected chi connectivity index (χ0v) is 9.34. The van der Waals surface area contributed by atoms with E-state index in [-0.39, 0.29) is 12.4 Å². The van der Waals surface area contributed by atoms with Gasteiger partial charge in [-0.25, -0.2) is 8.78 Å². The number of carbonyl (C=O) groups is 1. The number of hydrogen-bond acceptors (Lipinski definition) is 2. The third-order valence-electron chi connectivity index (χ3n) is 1.64. The predicted octanol–water partition coefficient (Wildman–Crippen LogP) is 2.91. The molecule has 0 spiro atoms. The monoisotopic (exact) mass is 278 g/mol. The summed E-state index contributed by atoms with van der Waals surface area (Å²) in [5.41, 5.74) is 0.451. The molecule has 0 bridgehead atoms. The molecule has 15 heavy (non-hydrogen) atoms. The van der Waals surface area contributed by atoms with Gasteiger partial charge in [-0.2, -0.15) is 0 Å². The third-order valence-corrected chi connectivity index (χ3v) is 2.17. The Kier molecular flexibility index (Phi) is 4.84. The normalized spacial score (nSPS) is 10.7. The number of hydrogen-bond donors (Lipinski definition) is 0. The molecule has 0 atom stereocenters. The van der Waals surface area contributed by atoms with Crippen molar-refractivity contribution in [3.8, 4) is 0 Å². The van der Waals surface area contributed by atoms with Gasteiger partial charge in [-0.1, -0.05) is 28.1 Å². The molecule has 0 fully saturated rings. The van der Waals surface area contributed by atoms with Crippen molar-refractivity contribution in [2.45, 2.75) is 6.43 Å². The third kappa shape index (κ3) is 4.48. The fourth-order valence-corrected chi connectivity index (χ4v) is 1.22. The van der Waals surface area contributed by atoms with Gasteiger partial charge in [0.2, 0.25) is 0 Å². The Labute approximate surface area is 94.4 Å². The van der Waals surface area contributed by atoms with Gasteiger partial charge in [0.25, 0.3) is 6.43 Å². The summed E-state index contributed by atoms with van der Waals surface area (Å²) in [6, 6.07) is 6.64. The highest BCUT2D eigenvalue weighted by Crippen LogP contribution is 2.11. The molecular weight excluding hydrogens is 270 g/mol. The summed E-state index contributed by atoms with van der Waals surface area (Å²) < 4.78 is 28.8. The fraction of sp³-hybridized carbons (Fsp3) is 0.300. The molecule has 82 valence electrons. The molecule has 1 rings (SSSR count). The maximum atomic E-state index is 11.7. The van der Waals surface area contributed by atoms with Gasteiger partial charge in [0.15, 0.2) is 5.78 Å². The Bertz CT molecular complexity index is 325. The van der Waals surface area contributed by atoms with E-state index in [1.54, 1.807) is 24.3 Å². The summed E-state index contributed by atoms with van der Waals surface area (Å²) in [5, 5.41) is 0. The highest BCUT2D eigenvalue weighted by Gasteiger charge is 2.08. The molecule has 0 saturated carbocycles. The van der Waals surface area contributed by atoms with E-state index >= 15 is 0 Å². The van der Waals surface area contributed by atoms with Crippen LogP contribution in [0.5, 0.6) is 0 Å². The van der Waals surface area contributed by atoms with Gasteiger partial charge in [0.05, 0.1) is 0 Å². The summed E-state index contributed by atoms with van der Waals surface area (Å²) in [6.07, 6.45) is -2.54. The van der Waals surface area contributed by atoms with Gasteiger partial charge in [0.1, 0.15) is 13.2 Å². The molecular formula is C10H9BrF2O2. The molecule has 0 heterocycles. The zero-order valence-electron chi connectivity index (χ0n) is 7.75. The summed E-state index contributed by atoms with van der Waals surface area (Å²) in [7, 11) is 0. The van der Waals surface area contributed by atoms with Gasteiger partial charge < -0.3 is 4.74 Å². The first-order valence-electron chi connectivity index (χ1n) is 4.24. The molecule has 1 aromatic rings. The topological polar surface area (TPSA) is 26.3 Å². The zero-order chi connectivity index (χ0) is 11.3. The van der Waals surface area contributed by atoms with Crippen molar-refractivity contribution in [2.75, 3.05) is 13.2 Å². The van der Waals surface area contributed by atoms with Crippen molar-refractivity contribution in [3.05, 3.63) is 34.3 Å². The highest BCUT2D eigenvalue weighted by atomic mass is 79.9. The van der Waals surface area contributed by atoms with Crippen LogP contribution in [0.1, 0.15) is 10.4 Å². The second-order valence-corrected chi connectivity index (χ2v) is 3.75. The van der Waals surface area contributed by atoms with Crippen molar-refractivity contribution < 1.29 is 18.3 Å². The van der Waals surface area contributed by atoms with Crippen molar-refractivity contribution in [2.24, 2.45) is 0 Å². The molecule has 5 heteroatoms. The lowest BCUT2D eigenvalue weighted by atomic mass is 10.1. The van der Waals surface area contributed by atoms with Gasteiger partial charge in [-0.15, -0.1) is 0 Å². The lowest BCUT2D eigenvalue weighted by molar-refractivity contribution is 0.0196. The van der Waals surface area contributed by atoms with Gasteiger partial charge in [0, 0.05) is 10.0 Å². The molecule has 0 saturated heterocycles. The lowest BCUT2D eigenvalue weighted by Gasteiger charge is -2.02. The van der Waals surface area contributed by atoms with Crippen LogP contribution in [-0.2, 0) is 4.74 Å². The minimum Gasteiger partial charge on any atom is -0.367 e. The Balaban J connectivity index is 2.43. The van der Waals surface area contributed by atoms with Crippen LogP contribution in [0, 0.1) is 0 Å². The van der Waals surface area contributed by atoms with Crippen molar-refractivity contribution in [3.63, 3.8) is 0 Å². The Morgan fingerprint density at radius 1 is 1.33 bits per heavy atom. The van der Waals surface area contributed by atoms with Gasteiger partial charge in [-0.05, 0) is 12.1 Å². The van der Waals surface area contributed by atoms with Crippen molar-refractivity contribution in [1.82, 2.24) is 0 Å². The highest BCUT2D eigenvalue weighted by molar-refractivity contribution is 9.10. The van der Waals surface area contributed by atoms with Gasteiger partial charge in [-0.3, -0.25) is 4.79 Å². The first-order valence-corrected chi connectivity index (χ1v) is 5.03. The molecule has 0 aliphatic carbocycles. The summed E-state index contributed by atoms with van der Waals surface area (Å²) in [6.45, 7) is -1.02. The number of halogens is 3. The smallest absolute Gasteiger partial charge is 0.261 e. The van der Waals surface area contributed by atoms with Crippen LogP contribution in [0.3, 0.4) is 0 Å². The maximum absolute atomic E-state index is 11.7. The first-order chi connectivity index (χ1) is 7.09. The van der Waals surface area contributed by atoms with E-state index < -0.39 is 13.0 Å². The lowest BCUT2D eigenvalue weighted by Crippen LogP contribution is -2.13. The van der Waals surface area contributed by atoms with Crippen LogP contribution in [-0.4, -0.2) is 25.4 Å². The van der Waals surface area contributed by atoms with Crippen molar-refractivity contribution >= 4 is 21.7 Å². The number of benzene rings is 1. The molecule has 0 aliphatic heterocycles. The average Bonchev–Trinajstić information content (AvgIpc) is 2.18. The standard InChI is InChI=1S/C10H9BrF2O2/c11-8-3-1-7(2-4-8)9(14)5-15-6-10(12)13/h1-4,10H,5-6H2. The molecule has 0 amide bonds. The second kappa shape index (κ2) is 5.92. The quantitative estimate of drug-likeness (QED) is 0.775. The summed E-state index contributed by atoms with van der Waals surface area (Å²) >= 11 is 3.22. The molecule has 2 nitrogen and oxygen atoms in total. The van der Waals surface area contributed by atoms with E-state index in [0.717, 1.165) is 4.47 Å². The van der Waals surface area contributed by atoms with Crippen LogP contribution in [0.25, 0.3) is 0 Å². The molecule has 0 aromatic heterocycles. The summed E-state index contributed by atoms with van der Waals surface area (Å²) in [5.74, 6) is -0.303. The molecule has 0 aliphatic rings. The Morgan fingerprint density at radius 3 is 2.47 bits per heavy atom. The number of ether oxygens (including phenoxy) is 1. The van der Waals surface area contributed by atoms with E-state index in [4.69, 9.17) is 0 Å². The maximum Gasteiger partial charge on any atom is 0.261 e. The van der Waals surface area contributed by atoms with E-state index in [9.17, 15) is 13.6 Å². The fourth-order valence-electron chi connectivity index (χ4n) is 0.960. The van der Waals surface area contributed by atoms with Crippen LogP contribution in [0.4, 0.5) is 8.78 Å². The number of ketones is 1. The molecule has 1 aromatic carbocycles. The molecule has 0 unspecified atom stereocenters. The summed E-state index contributed by atoms with van der Waals surface area (Å²) in [4.78, 5) is 11.4. The van der Waals surface area contributed by atoms with Gasteiger partial charge >= 0.3 is 0 Å². The van der Waals surface area contributed by atoms with Crippen LogP contribution >= 0.6 is 15.9 Å². The second-order valence-electron chi connectivity index (χ2n) is 2.84. The van der Waals surface area contributed by atoms with Crippen LogP contribution in [0.2, 0.25) is 0 Å².